The van der Waals surface area contributed by atoms with E-state index in [2.05, 4.69) is 39.1 Å². The van der Waals surface area contributed by atoms with Crippen LogP contribution >= 0.6 is 22.6 Å². The van der Waals surface area contributed by atoms with E-state index in [1.807, 2.05) is 0 Å². The molecule has 0 bridgehead atoms. The zero-order valence-corrected chi connectivity index (χ0v) is 11.7. The minimum Gasteiger partial charge on any atom is -0.309 e. The summed E-state index contributed by atoms with van der Waals surface area (Å²) < 4.78 is 2.49. The van der Waals surface area contributed by atoms with Crippen molar-refractivity contribution in [2.24, 2.45) is 12.5 Å². The molecule has 1 N–H and O–H groups in total. The summed E-state index contributed by atoms with van der Waals surface area (Å²) in [4.78, 5) is 12.2. The zero-order valence-electron chi connectivity index (χ0n) is 9.53. The molecule has 17 heavy (non-hydrogen) atoms. The lowest BCUT2D eigenvalue weighted by Gasteiger charge is -2.19. The van der Waals surface area contributed by atoms with Gasteiger partial charge in [-0.1, -0.05) is 12.8 Å². The molecule has 0 saturated heterocycles. The maximum Gasteiger partial charge on any atom is 0.246 e. The van der Waals surface area contributed by atoms with Crippen LogP contribution in [0.3, 0.4) is 0 Å². The number of aromatic nitrogens is 2. The lowest BCUT2D eigenvalue weighted by atomic mass is 9.87. The minimum absolute atomic E-state index is 0.195. The average molecular weight is 344 g/mol. The molecule has 1 aliphatic rings. The summed E-state index contributed by atoms with van der Waals surface area (Å²) in [6.45, 7) is 0. The van der Waals surface area contributed by atoms with E-state index < -0.39 is 5.41 Å². The number of halogens is 1. The second-order valence-corrected chi connectivity index (χ2v) is 5.48. The maximum absolute atomic E-state index is 12.2. The molecule has 5 nitrogen and oxygen atoms in total. The molecule has 6 heteroatoms. The Balaban J connectivity index is 2.20. The van der Waals surface area contributed by atoms with E-state index in [0.29, 0.717) is 18.7 Å². The molecular weight excluding hydrogens is 331 g/mol. The number of rotatable bonds is 2. The second kappa shape index (κ2) is 4.64. The summed E-state index contributed by atoms with van der Waals surface area (Å²) in [5.74, 6) is 0.469. The quantitative estimate of drug-likeness (QED) is 0.835. The predicted molar refractivity (Wildman–Crippen MR) is 71.1 cm³/mol. The topological polar surface area (TPSA) is 70.7 Å². The lowest BCUT2D eigenvalue weighted by Crippen LogP contribution is -2.33. The van der Waals surface area contributed by atoms with Gasteiger partial charge in [0.1, 0.15) is 11.2 Å². The molecular formula is C11H13IN4O. The van der Waals surface area contributed by atoms with Gasteiger partial charge in [0.2, 0.25) is 5.91 Å². The molecule has 1 fully saturated rings. The second-order valence-electron chi connectivity index (χ2n) is 4.32. The van der Waals surface area contributed by atoms with Gasteiger partial charge in [-0.15, -0.1) is 0 Å². The van der Waals surface area contributed by atoms with Gasteiger partial charge in [-0.25, -0.2) is 0 Å². The zero-order chi connectivity index (χ0) is 12.5. The molecule has 1 aromatic rings. The first kappa shape index (κ1) is 12.4. The molecule has 1 saturated carbocycles. The molecule has 1 amide bonds. The van der Waals surface area contributed by atoms with Gasteiger partial charge in [0.25, 0.3) is 0 Å². The molecule has 0 atom stereocenters. The highest BCUT2D eigenvalue weighted by atomic mass is 127. The Morgan fingerprint density at radius 3 is 2.76 bits per heavy atom. The Morgan fingerprint density at radius 1 is 1.65 bits per heavy atom. The normalized spacial score (nSPS) is 17.7. The van der Waals surface area contributed by atoms with Crippen molar-refractivity contribution in [2.75, 3.05) is 5.32 Å². The Morgan fingerprint density at radius 2 is 2.29 bits per heavy atom. The number of nitrogens with one attached hydrogen (secondary N) is 1. The fraction of sp³-hybridized carbons (Fsp3) is 0.545. The van der Waals surface area contributed by atoms with E-state index in [1.165, 1.54) is 0 Å². The van der Waals surface area contributed by atoms with Gasteiger partial charge in [0.15, 0.2) is 0 Å². The lowest BCUT2D eigenvalue weighted by molar-refractivity contribution is -0.122. The smallest absolute Gasteiger partial charge is 0.246 e. The number of nitrogens with zero attached hydrogens (tertiary/aromatic N) is 3. The van der Waals surface area contributed by atoms with E-state index in [1.54, 1.807) is 17.9 Å². The Labute approximate surface area is 113 Å². The summed E-state index contributed by atoms with van der Waals surface area (Å²) in [6.07, 6.45) is 4.89. The molecule has 0 aliphatic heterocycles. The fourth-order valence-corrected chi connectivity index (χ4v) is 2.76. The van der Waals surface area contributed by atoms with E-state index in [4.69, 9.17) is 0 Å². The molecule has 0 radical (unpaired) electrons. The monoisotopic (exact) mass is 344 g/mol. The summed E-state index contributed by atoms with van der Waals surface area (Å²) in [5.41, 5.74) is -0.840. The summed E-state index contributed by atoms with van der Waals surface area (Å²) in [6, 6.07) is 2.18. The standard InChI is InChI=1S/C11H13IN4O/c1-16-9(8(12)6-14-16)15-10(17)11(7-13)4-2-3-5-11/h6H,2-5H2,1H3,(H,15,17). The third-order valence-electron chi connectivity index (χ3n) is 3.23. The van der Waals surface area contributed by atoms with Gasteiger partial charge in [0.05, 0.1) is 15.8 Å². The molecule has 1 aliphatic carbocycles. The Bertz CT molecular complexity index is 463. The Kier molecular flexibility index (Phi) is 3.38. The number of hydrogen-bond acceptors (Lipinski definition) is 3. The van der Waals surface area contributed by atoms with Gasteiger partial charge >= 0.3 is 0 Å². The van der Waals surface area contributed by atoms with Crippen LogP contribution in [0.15, 0.2) is 6.20 Å². The Hall–Kier alpha value is -1.10. The van der Waals surface area contributed by atoms with Crippen LogP contribution in [0.5, 0.6) is 0 Å². The number of carbonyl (C=O) groups is 1. The van der Waals surface area contributed by atoms with E-state index in [-0.39, 0.29) is 5.91 Å². The third-order valence-corrected chi connectivity index (χ3v) is 4.02. The fourth-order valence-electron chi connectivity index (χ4n) is 2.15. The van der Waals surface area contributed by atoms with Gasteiger partial charge in [0, 0.05) is 7.05 Å². The molecule has 1 aromatic heterocycles. The molecule has 2 rings (SSSR count). The predicted octanol–water partition coefficient (Wildman–Crippen LogP) is 2.05. The summed E-state index contributed by atoms with van der Waals surface area (Å²) in [5, 5.41) is 16.1. The molecule has 90 valence electrons. The largest absolute Gasteiger partial charge is 0.309 e. The third kappa shape index (κ3) is 2.16. The van der Waals surface area contributed by atoms with Crippen LogP contribution in [0.4, 0.5) is 5.82 Å². The molecule has 0 unspecified atom stereocenters. The van der Waals surface area contributed by atoms with Crippen LogP contribution in [0.25, 0.3) is 0 Å². The highest BCUT2D eigenvalue weighted by Gasteiger charge is 2.41. The average Bonchev–Trinajstić information content (AvgIpc) is 2.91. The number of amides is 1. The van der Waals surface area contributed by atoms with Crippen molar-refractivity contribution in [1.29, 1.82) is 5.26 Å². The van der Waals surface area contributed by atoms with Crippen LogP contribution in [0, 0.1) is 20.3 Å². The van der Waals surface area contributed by atoms with E-state index >= 15 is 0 Å². The minimum atomic E-state index is -0.840. The van der Waals surface area contributed by atoms with Crippen LogP contribution in [-0.4, -0.2) is 15.7 Å². The van der Waals surface area contributed by atoms with Gasteiger partial charge in [-0.2, -0.15) is 10.4 Å². The first-order valence-corrected chi connectivity index (χ1v) is 6.57. The molecule has 0 aromatic carbocycles. The van der Waals surface area contributed by atoms with E-state index in [9.17, 15) is 10.1 Å². The summed E-state index contributed by atoms with van der Waals surface area (Å²) in [7, 11) is 1.77. The number of carbonyl (C=O) groups excluding carboxylic acids is 1. The van der Waals surface area contributed by atoms with E-state index in [0.717, 1.165) is 16.4 Å². The first-order chi connectivity index (χ1) is 8.09. The van der Waals surface area contributed by atoms with Crippen LogP contribution < -0.4 is 5.32 Å². The number of nitriles is 1. The van der Waals surface area contributed by atoms with Crippen molar-refractivity contribution in [2.45, 2.75) is 25.7 Å². The SMILES string of the molecule is Cn1ncc(I)c1NC(=O)C1(C#N)CCCC1. The van der Waals surface area contributed by atoms with Crippen LogP contribution in [-0.2, 0) is 11.8 Å². The van der Waals surface area contributed by atoms with Gasteiger partial charge in [-0.3, -0.25) is 9.48 Å². The van der Waals surface area contributed by atoms with Crippen molar-refractivity contribution >= 4 is 34.3 Å². The van der Waals surface area contributed by atoms with Gasteiger partial charge in [-0.05, 0) is 35.4 Å². The number of aryl methyl sites for hydroxylation is 1. The first-order valence-electron chi connectivity index (χ1n) is 5.49. The van der Waals surface area contributed by atoms with Crippen LogP contribution in [0.1, 0.15) is 25.7 Å². The van der Waals surface area contributed by atoms with Gasteiger partial charge < -0.3 is 5.32 Å². The highest BCUT2D eigenvalue weighted by Crippen LogP contribution is 2.38. The molecule has 0 spiro atoms. The van der Waals surface area contributed by atoms with Crippen molar-refractivity contribution in [3.63, 3.8) is 0 Å². The van der Waals surface area contributed by atoms with Crippen LogP contribution in [0.2, 0.25) is 0 Å². The number of hydrogen-bond donors (Lipinski definition) is 1. The number of anilines is 1. The van der Waals surface area contributed by atoms with Crippen molar-refractivity contribution < 1.29 is 4.79 Å². The van der Waals surface area contributed by atoms with Crippen molar-refractivity contribution in [3.05, 3.63) is 9.77 Å². The highest BCUT2D eigenvalue weighted by molar-refractivity contribution is 14.1. The molecule has 1 heterocycles. The summed E-state index contributed by atoms with van der Waals surface area (Å²) >= 11 is 2.11. The van der Waals surface area contributed by atoms with Crippen molar-refractivity contribution in [1.82, 2.24) is 9.78 Å². The maximum atomic E-state index is 12.2. The van der Waals surface area contributed by atoms with Crippen molar-refractivity contribution in [3.8, 4) is 6.07 Å².